The van der Waals surface area contributed by atoms with Gasteiger partial charge in [-0.25, -0.2) is 15.0 Å². The maximum atomic E-state index is 9.41. The van der Waals surface area contributed by atoms with Crippen molar-refractivity contribution in [1.82, 2.24) is 19.5 Å². The molecule has 0 atom stereocenters. The molecule has 0 radical (unpaired) electrons. The number of fused-ring (bicyclic) bond motifs is 1. The van der Waals surface area contributed by atoms with Crippen LogP contribution in [0.3, 0.4) is 0 Å². The van der Waals surface area contributed by atoms with Gasteiger partial charge in [-0.05, 0) is 12.8 Å². The Morgan fingerprint density at radius 1 is 0.828 bits per heavy atom. The lowest BCUT2D eigenvalue weighted by Crippen LogP contribution is -1.99. The Hall–Kier alpha value is -3.03. The fraction of sp³-hybridized carbons (Fsp3) is 0.476. The van der Waals surface area contributed by atoms with E-state index in [1.807, 2.05) is 4.57 Å². The van der Waals surface area contributed by atoms with Crippen molar-refractivity contribution in [3.05, 3.63) is 30.9 Å². The number of nitrogens with two attached hydrogens (primary N) is 1. The number of phenolic OH excluding ortho intramolecular Hbond substituents is 2. The van der Waals surface area contributed by atoms with Crippen LogP contribution in [0.25, 0.3) is 11.2 Å². The second-order valence-electron chi connectivity index (χ2n) is 7.23. The molecular weight excluding hydrogens is 370 g/mol. The van der Waals surface area contributed by atoms with Gasteiger partial charge in [-0.15, -0.1) is 0 Å². The van der Waals surface area contributed by atoms with Crippen molar-refractivity contribution in [2.75, 3.05) is 12.3 Å². The molecule has 3 aromatic rings. The summed E-state index contributed by atoms with van der Waals surface area (Å²) < 4.78 is 7.60. The van der Waals surface area contributed by atoms with Gasteiger partial charge >= 0.3 is 0 Å². The standard InChI is InChI=1S/C21H29N5O3/c22-20-19-21(24-14-23-20)26(15-25-19)9-7-5-3-1-2-4-6-8-10-29-18-12-16(27)11-17(28)13-18/h11-15,27-28H,1-10H2,(H2,22,23,24). The van der Waals surface area contributed by atoms with Gasteiger partial charge in [-0.3, -0.25) is 0 Å². The van der Waals surface area contributed by atoms with E-state index in [1.54, 1.807) is 6.33 Å². The summed E-state index contributed by atoms with van der Waals surface area (Å²) in [7, 11) is 0. The zero-order chi connectivity index (χ0) is 20.5. The quantitative estimate of drug-likeness (QED) is 0.393. The van der Waals surface area contributed by atoms with Crippen LogP contribution in [0.1, 0.15) is 51.4 Å². The average Bonchev–Trinajstić information content (AvgIpc) is 3.10. The van der Waals surface area contributed by atoms with E-state index >= 15 is 0 Å². The summed E-state index contributed by atoms with van der Waals surface area (Å²) >= 11 is 0. The van der Waals surface area contributed by atoms with E-state index < -0.39 is 0 Å². The fourth-order valence-electron chi connectivity index (χ4n) is 3.35. The van der Waals surface area contributed by atoms with Crippen LogP contribution in [-0.2, 0) is 6.54 Å². The minimum absolute atomic E-state index is 0.0126. The normalized spacial score (nSPS) is 11.2. The van der Waals surface area contributed by atoms with E-state index in [0.29, 0.717) is 23.7 Å². The van der Waals surface area contributed by atoms with Crippen LogP contribution < -0.4 is 10.5 Å². The van der Waals surface area contributed by atoms with Gasteiger partial charge in [0.15, 0.2) is 11.5 Å². The number of imidazole rings is 1. The molecule has 3 rings (SSSR count). The van der Waals surface area contributed by atoms with Crippen molar-refractivity contribution in [3.8, 4) is 17.2 Å². The van der Waals surface area contributed by atoms with E-state index in [2.05, 4.69) is 15.0 Å². The van der Waals surface area contributed by atoms with E-state index in [-0.39, 0.29) is 11.5 Å². The van der Waals surface area contributed by atoms with Crippen LogP contribution in [0.4, 0.5) is 5.82 Å². The van der Waals surface area contributed by atoms with Gasteiger partial charge in [-0.1, -0.05) is 38.5 Å². The van der Waals surface area contributed by atoms with Gasteiger partial charge in [0.2, 0.25) is 0 Å². The van der Waals surface area contributed by atoms with Crippen molar-refractivity contribution < 1.29 is 14.9 Å². The number of benzene rings is 1. The highest BCUT2D eigenvalue weighted by Gasteiger charge is 2.07. The molecule has 0 aliphatic rings. The number of nitrogen functional groups attached to an aromatic ring is 1. The molecule has 2 aromatic heterocycles. The highest BCUT2D eigenvalue weighted by atomic mass is 16.5. The molecule has 1 aromatic carbocycles. The highest BCUT2D eigenvalue weighted by molar-refractivity contribution is 5.81. The van der Waals surface area contributed by atoms with Gasteiger partial charge in [0.05, 0.1) is 12.9 Å². The largest absolute Gasteiger partial charge is 0.508 e. The molecule has 4 N–H and O–H groups in total. The number of aromatic hydroxyl groups is 2. The lowest BCUT2D eigenvalue weighted by molar-refractivity contribution is 0.300. The molecule has 0 spiro atoms. The summed E-state index contributed by atoms with van der Waals surface area (Å²) in [6, 6.07) is 4.30. The third-order valence-corrected chi connectivity index (χ3v) is 4.87. The van der Waals surface area contributed by atoms with Crippen LogP contribution in [0.5, 0.6) is 17.2 Å². The molecule has 0 aliphatic heterocycles. The van der Waals surface area contributed by atoms with Crippen molar-refractivity contribution in [1.29, 1.82) is 0 Å². The molecular formula is C21H29N5O3. The highest BCUT2D eigenvalue weighted by Crippen LogP contribution is 2.25. The summed E-state index contributed by atoms with van der Waals surface area (Å²) in [6.07, 6.45) is 12.5. The van der Waals surface area contributed by atoms with Crippen molar-refractivity contribution in [2.45, 2.75) is 57.9 Å². The first-order valence-corrected chi connectivity index (χ1v) is 10.2. The van der Waals surface area contributed by atoms with E-state index in [9.17, 15) is 10.2 Å². The van der Waals surface area contributed by atoms with Crippen molar-refractivity contribution >= 4 is 17.0 Å². The smallest absolute Gasteiger partial charge is 0.165 e. The summed E-state index contributed by atoms with van der Waals surface area (Å²) in [6.45, 7) is 1.49. The number of unbranched alkanes of at least 4 members (excludes halogenated alkanes) is 7. The second-order valence-corrected chi connectivity index (χ2v) is 7.23. The number of aryl methyl sites for hydroxylation is 1. The number of aromatic nitrogens is 4. The first-order valence-electron chi connectivity index (χ1n) is 10.2. The Balaban J connectivity index is 1.20. The monoisotopic (exact) mass is 399 g/mol. The first-order chi connectivity index (χ1) is 14.1. The number of nitrogens with zero attached hydrogens (tertiary/aromatic N) is 4. The molecule has 0 saturated heterocycles. The maximum Gasteiger partial charge on any atom is 0.165 e. The molecule has 156 valence electrons. The van der Waals surface area contributed by atoms with Crippen LogP contribution in [0.2, 0.25) is 0 Å². The van der Waals surface area contributed by atoms with E-state index in [4.69, 9.17) is 10.5 Å². The number of anilines is 1. The molecule has 0 amide bonds. The second kappa shape index (κ2) is 10.5. The predicted octanol–water partition coefficient (Wildman–Crippen LogP) is 4.02. The van der Waals surface area contributed by atoms with Gasteiger partial charge in [0.25, 0.3) is 0 Å². The third-order valence-electron chi connectivity index (χ3n) is 4.87. The third kappa shape index (κ3) is 6.23. The lowest BCUT2D eigenvalue weighted by Gasteiger charge is -2.07. The number of ether oxygens (including phenoxy) is 1. The zero-order valence-electron chi connectivity index (χ0n) is 16.6. The van der Waals surface area contributed by atoms with Crippen LogP contribution >= 0.6 is 0 Å². The summed E-state index contributed by atoms with van der Waals surface area (Å²) in [5, 5.41) is 18.8. The van der Waals surface area contributed by atoms with Crippen molar-refractivity contribution in [3.63, 3.8) is 0 Å². The summed E-state index contributed by atoms with van der Waals surface area (Å²) in [4.78, 5) is 12.5. The maximum absolute atomic E-state index is 9.41. The van der Waals surface area contributed by atoms with Crippen molar-refractivity contribution in [2.24, 2.45) is 0 Å². The molecule has 0 saturated carbocycles. The molecule has 0 unspecified atom stereocenters. The Morgan fingerprint density at radius 3 is 2.21 bits per heavy atom. The summed E-state index contributed by atoms with van der Waals surface area (Å²) in [5.74, 6) is 0.957. The molecule has 2 heterocycles. The SMILES string of the molecule is Nc1ncnc2c1ncn2CCCCCCCCCCOc1cc(O)cc(O)c1. The predicted molar refractivity (Wildman–Crippen MR) is 112 cm³/mol. The Kier molecular flexibility index (Phi) is 7.49. The van der Waals surface area contributed by atoms with E-state index in [0.717, 1.165) is 31.5 Å². The number of hydrogen-bond donors (Lipinski definition) is 3. The first kappa shape index (κ1) is 20.7. The minimum Gasteiger partial charge on any atom is -0.508 e. The van der Waals surface area contributed by atoms with Gasteiger partial charge in [0, 0.05) is 24.7 Å². The van der Waals surface area contributed by atoms with Crippen LogP contribution in [0.15, 0.2) is 30.9 Å². The molecule has 0 bridgehead atoms. The van der Waals surface area contributed by atoms with E-state index in [1.165, 1.54) is 56.6 Å². The summed E-state index contributed by atoms with van der Waals surface area (Å²) in [5.41, 5.74) is 7.29. The average molecular weight is 399 g/mol. The fourth-order valence-corrected chi connectivity index (χ4v) is 3.35. The Morgan fingerprint density at radius 2 is 1.48 bits per heavy atom. The molecule has 29 heavy (non-hydrogen) atoms. The number of hydrogen-bond acceptors (Lipinski definition) is 7. The molecule has 8 heteroatoms. The molecule has 0 aliphatic carbocycles. The molecule has 0 fully saturated rings. The Bertz CT molecular complexity index is 892. The van der Waals surface area contributed by atoms with Gasteiger partial charge in [0.1, 0.15) is 29.1 Å². The van der Waals surface area contributed by atoms with Gasteiger partial charge in [-0.2, -0.15) is 0 Å². The Labute approximate surface area is 170 Å². The topological polar surface area (TPSA) is 119 Å². The number of phenols is 2. The van der Waals surface area contributed by atoms with Gasteiger partial charge < -0.3 is 25.3 Å². The zero-order valence-corrected chi connectivity index (χ0v) is 16.6. The number of rotatable bonds is 12. The lowest BCUT2D eigenvalue weighted by atomic mass is 10.1. The van der Waals surface area contributed by atoms with Crippen LogP contribution in [0, 0.1) is 0 Å². The molecule has 8 nitrogen and oxygen atoms in total. The van der Waals surface area contributed by atoms with Crippen LogP contribution in [-0.4, -0.2) is 36.3 Å². The minimum atomic E-state index is 0.0126.